The van der Waals surface area contributed by atoms with Gasteiger partial charge >= 0.3 is 5.97 Å². The number of aromatic nitrogens is 1. The van der Waals surface area contributed by atoms with E-state index in [0.717, 1.165) is 91.8 Å². The highest BCUT2D eigenvalue weighted by atomic mass is 16.7. The predicted octanol–water partition coefficient (Wildman–Crippen LogP) is 11.0. The van der Waals surface area contributed by atoms with Crippen LogP contribution in [0.5, 0.6) is 5.75 Å². The maximum absolute atomic E-state index is 14.7. The van der Waals surface area contributed by atoms with Gasteiger partial charge < -0.3 is 14.1 Å². The van der Waals surface area contributed by atoms with Crippen molar-refractivity contribution in [2.75, 3.05) is 6.61 Å². The van der Waals surface area contributed by atoms with Crippen molar-refractivity contribution in [1.82, 2.24) is 4.57 Å². The van der Waals surface area contributed by atoms with Gasteiger partial charge in [-0.05, 0) is 86.9 Å². The molecule has 0 aliphatic rings. The highest BCUT2D eigenvalue weighted by molar-refractivity contribution is 6.27. The van der Waals surface area contributed by atoms with E-state index in [9.17, 15) is 9.59 Å². The lowest BCUT2D eigenvalue weighted by atomic mass is 9.89. The number of carbonyl (C=O) groups excluding carboxylic acids is 2. The van der Waals surface area contributed by atoms with E-state index in [4.69, 9.17) is 9.57 Å². The lowest BCUT2D eigenvalue weighted by Crippen LogP contribution is -2.11. The van der Waals surface area contributed by atoms with E-state index < -0.39 is 5.97 Å². The van der Waals surface area contributed by atoms with Crippen LogP contribution in [0, 0.1) is 26.7 Å². The first-order chi connectivity index (χ1) is 24.7. The van der Waals surface area contributed by atoms with Crippen LogP contribution in [0.1, 0.15) is 97.1 Å². The largest absolute Gasteiger partial charge is 0.493 e. The molecule has 6 rings (SSSR count). The summed E-state index contributed by atoms with van der Waals surface area (Å²) in [5.74, 6) is 0.670. The van der Waals surface area contributed by atoms with Gasteiger partial charge in [-0.2, -0.15) is 0 Å². The fourth-order valence-electron chi connectivity index (χ4n) is 7.65. The van der Waals surface area contributed by atoms with E-state index in [1.165, 1.54) is 13.3 Å². The molecule has 1 unspecified atom stereocenters. The lowest BCUT2D eigenvalue weighted by Gasteiger charge is -2.19. The Labute approximate surface area is 301 Å². The molecule has 1 atom stereocenters. The maximum atomic E-state index is 14.7. The summed E-state index contributed by atoms with van der Waals surface area (Å²) in [7, 11) is 0. The summed E-state index contributed by atoms with van der Waals surface area (Å²) >= 11 is 0. The minimum atomic E-state index is -0.506. The summed E-state index contributed by atoms with van der Waals surface area (Å²) in [6.45, 7) is 15.3. The summed E-state index contributed by atoms with van der Waals surface area (Å²) in [5, 5.41) is 8.40. The number of nitrogens with zero attached hydrogens (tertiary/aromatic N) is 2. The molecule has 0 amide bonds. The summed E-state index contributed by atoms with van der Waals surface area (Å²) in [4.78, 5) is 32.0. The Hall–Kier alpha value is -5.23. The van der Waals surface area contributed by atoms with E-state index in [0.29, 0.717) is 29.5 Å². The Kier molecular flexibility index (Phi) is 10.7. The molecule has 1 heterocycles. The SMILES string of the molecule is CCCCC(CC)Cn1c2ccc(/C(=N\OC(C)=O)c3ccccc3OCC)cc2c2cc(C(=O)c3c(C)cc(C)cc3C)c3ccccc3c21. The zero-order chi connectivity index (χ0) is 36.2. The zero-order valence-electron chi connectivity index (χ0n) is 30.9. The molecule has 1 aromatic heterocycles. The highest BCUT2D eigenvalue weighted by Gasteiger charge is 2.24. The average Bonchev–Trinajstić information content (AvgIpc) is 3.42. The normalized spacial score (nSPS) is 12.5. The van der Waals surface area contributed by atoms with E-state index in [1.54, 1.807) is 0 Å². The van der Waals surface area contributed by atoms with E-state index in [-0.39, 0.29) is 5.78 Å². The van der Waals surface area contributed by atoms with Crippen LogP contribution in [0.4, 0.5) is 0 Å². The van der Waals surface area contributed by atoms with Crippen LogP contribution >= 0.6 is 0 Å². The van der Waals surface area contributed by atoms with Gasteiger partial charge in [-0.3, -0.25) is 4.79 Å². The number of rotatable bonds is 13. The molecule has 0 saturated carbocycles. The zero-order valence-corrected chi connectivity index (χ0v) is 30.9. The molecular formula is C45H48N2O4. The maximum Gasteiger partial charge on any atom is 0.332 e. The van der Waals surface area contributed by atoms with Crippen LogP contribution in [-0.4, -0.2) is 28.6 Å². The van der Waals surface area contributed by atoms with E-state index in [1.807, 2.05) is 57.2 Å². The number of ether oxygens (including phenoxy) is 1. The Morgan fingerprint density at radius 3 is 2.18 bits per heavy atom. The number of fused-ring (bicyclic) bond motifs is 5. The van der Waals surface area contributed by atoms with Crippen molar-refractivity contribution in [3.63, 3.8) is 0 Å². The molecule has 0 radical (unpaired) electrons. The van der Waals surface area contributed by atoms with Crippen molar-refractivity contribution in [3.8, 4) is 5.75 Å². The fraction of sp³-hybridized carbons (Fsp3) is 0.311. The molecule has 5 aromatic carbocycles. The molecule has 0 aliphatic heterocycles. The first-order valence-corrected chi connectivity index (χ1v) is 18.2. The van der Waals surface area contributed by atoms with Gasteiger partial charge in [-0.1, -0.05) is 98.4 Å². The van der Waals surface area contributed by atoms with Gasteiger partial charge in [-0.25, -0.2) is 4.79 Å². The number of benzene rings is 5. The molecule has 6 aromatic rings. The van der Waals surface area contributed by atoms with Gasteiger partial charge in [0.2, 0.25) is 0 Å². The van der Waals surface area contributed by atoms with Crippen LogP contribution in [-0.2, 0) is 16.2 Å². The first kappa shape index (κ1) is 35.6. The quantitative estimate of drug-likeness (QED) is 0.0527. The van der Waals surface area contributed by atoms with Gasteiger partial charge in [0.25, 0.3) is 0 Å². The topological polar surface area (TPSA) is 69.9 Å². The van der Waals surface area contributed by atoms with Gasteiger partial charge in [0.15, 0.2) is 5.78 Å². The Morgan fingerprint density at radius 2 is 1.49 bits per heavy atom. The van der Waals surface area contributed by atoms with Crippen molar-refractivity contribution in [1.29, 1.82) is 0 Å². The molecule has 0 fully saturated rings. The number of para-hydroxylation sites is 1. The molecule has 0 saturated heterocycles. The molecule has 0 spiro atoms. The second-order valence-corrected chi connectivity index (χ2v) is 13.7. The van der Waals surface area contributed by atoms with Crippen LogP contribution in [0.15, 0.2) is 90.1 Å². The summed E-state index contributed by atoms with van der Waals surface area (Å²) in [6, 6.07) is 28.6. The van der Waals surface area contributed by atoms with Crippen LogP contribution in [0.2, 0.25) is 0 Å². The number of oxime groups is 1. The van der Waals surface area contributed by atoms with Crippen molar-refractivity contribution in [2.45, 2.75) is 80.7 Å². The van der Waals surface area contributed by atoms with E-state index >= 15 is 0 Å². The fourth-order valence-corrected chi connectivity index (χ4v) is 7.65. The highest BCUT2D eigenvalue weighted by Crippen LogP contribution is 2.39. The second kappa shape index (κ2) is 15.3. The Balaban J connectivity index is 1.68. The third-order valence-corrected chi connectivity index (χ3v) is 9.98. The van der Waals surface area contributed by atoms with E-state index in [2.05, 4.69) is 79.0 Å². The average molecular weight is 681 g/mol. The summed E-state index contributed by atoms with van der Waals surface area (Å²) in [6.07, 6.45) is 4.57. The number of aryl methyl sites for hydroxylation is 3. The minimum Gasteiger partial charge on any atom is -0.493 e. The Morgan fingerprint density at radius 1 is 0.784 bits per heavy atom. The standard InChI is InChI=1S/C45H48N2O4/c1-8-11-16-32(9-2)27-47-40-22-21-33(43(46-51-31(7)48)36-19-14-15-20-41(36)50-10-3)25-37(40)38-26-39(34-17-12-13-18-35(34)44(38)47)45(49)42-29(5)23-28(4)24-30(42)6/h12-15,17-26,32H,8-11,16,27H2,1-7H3/b46-43+. The smallest absolute Gasteiger partial charge is 0.332 e. The van der Waals surface area contributed by atoms with Gasteiger partial charge in [0.05, 0.1) is 12.1 Å². The van der Waals surface area contributed by atoms with Gasteiger partial charge in [0, 0.05) is 57.4 Å². The molecule has 0 bridgehead atoms. The number of unbranched alkanes of at least 4 members (excludes halogenated alkanes) is 1. The molecule has 6 nitrogen and oxygen atoms in total. The molecular weight excluding hydrogens is 633 g/mol. The lowest BCUT2D eigenvalue weighted by molar-refractivity contribution is -0.140. The van der Waals surface area contributed by atoms with Crippen LogP contribution in [0.25, 0.3) is 32.6 Å². The molecule has 0 aliphatic carbocycles. The first-order valence-electron chi connectivity index (χ1n) is 18.2. The minimum absolute atomic E-state index is 0.0253. The van der Waals surface area contributed by atoms with Crippen molar-refractivity contribution in [3.05, 3.63) is 124 Å². The monoisotopic (exact) mass is 680 g/mol. The number of ketones is 1. The van der Waals surface area contributed by atoms with Crippen molar-refractivity contribution < 1.29 is 19.2 Å². The van der Waals surface area contributed by atoms with Crippen LogP contribution < -0.4 is 4.74 Å². The summed E-state index contributed by atoms with van der Waals surface area (Å²) < 4.78 is 8.46. The van der Waals surface area contributed by atoms with Crippen molar-refractivity contribution in [2.24, 2.45) is 11.1 Å². The second-order valence-electron chi connectivity index (χ2n) is 13.7. The van der Waals surface area contributed by atoms with Crippen LogP contribution in [0.3, 0.4) is 0 Å². The van der Waals surface area contributed by atoms with Crippen molar-refractivity contribution >= 4 is 50.0 Å². The van der Waals surface area contributed by atoms with Gasteiger partial charge in [-0.15, -0.1) is 0 Å². The number of carbonyl (C=O) groups is 2. The molecule has 51 heavy (non-hydrogen) atoms. The predicted molar refractivity (Wildman–Crippen MR) is 209 cm³/mol. The molecule has 6 heteroatoms. The number of hydrogen-bond acceptors (Lipinski definition) is 5. The van der Waals surface area contributed by atoms with Gasteiger partial charge in [0.1, 0.15) is 11.5 Å². The summed E-state index contributed by atoms with van der Waals surface area (Å²) in [5.41, 5.74) is 8.74. The third kappa shape index (κ3) is 7.05. The third-order valence-electron chi connectivity index (χ3n) is 9.98. The Bertz CT molecular complexity index is 2270. The number of hydrogen-bond donors (Lipinski definition) is 0. The molecule has 0 N–H and O–H groups in total. The molecule has 262 valence electrons.